The van der Waals surface area contributed by atoms with E-state index in [9.17, 15) is 0 Å². The van der Waals surface area contributed by atoms with Crippen LogP contribution >= 0.6 is 0 Å². The lowest BCUT2D eigenvalue weighted by Gasteiger charge is -2.21. The smallest absolute Gasteiger partial charge is 0.194 e. The SMILES string of the molecule is CC(C)(C)c1ccccc1-c1cnc(CCCN)o1. The number of oxazole rings is 1. The zero-order chi connectivity index (χ0) is 13.9. The monoisotopic (exact) mass is 258 g/mol. The molecule has 2 aromatic rings. The van der Waals surface area contributed by atoms with E-state index < -0.39 is 0 Å². The maximum Gasteiger partial charge on any atom is 0.194 e. The van der Waals surface area contributed by atoms with Gasteiger partial charge in [0.2, 0.25) is 0 Å². The van der Waals surface area contributed by atoms with Gasteiger partial charge in [0.25, 0.3) is 0 Å². The molecule has 0 saturated heterocycles. The second-order valence-corrected chi connectivity index (χ2v) is 5.81. The van der Waals surface area contributed by atoms with Crippen LogP contribution in [0.2, 0.25) is 0 Å². The van der Waals surface area contributed by atoms with E-state index in [-0.39, 0.29) is 5.41 Å². The van der Waals surface area contributed by atoms with Crippen molar-refractivity contribution in [3.8, 4) is 11.3 Å². The summed E-state index contributed by atoms with van der Waals surface area (Å²) in [6.07, 6.45) is 3.52. The first-order valence-corrected chi connectivity index (χ1v) is 6.77. The van der Waals surface area contributed by atoms with Crippen LogP contribution < -0.4 is 5.73 Å². The minimum Gasteiger partial charge on any atom is -0.441 e. The Hall–Kier alpha value is -1.61. The highest BCUT2D eigenvalue weighted by atomic mass is 16.4. The summed E-state index contributed by atoms with van der Waals surface area (Å²) in [6.45, 7) is 7.28. The van der Waals surface area contributed by atoms with Crippen molar-refractivity contribution in [2.45, 2.75) is 39.0 Å². The number of nitrogens with two attached hydrogens (primary N) is 1. The summed E-state index contributed by atoms with van der Waals surface area (Å²) in [6, 6.07) is 8.34. The molecule has 3 heteroatoms. The van der Waals surface area contributed by atoms with Crippen LogP contribution in [-0.2, 0) is 11.8 Å². The molecular weight excluding hydrogens is 236 g/mol. The number of aryl methyl sites for hydroxylation is 1. The standard InChI is InChI=1S/C16H22N2O/c1-16(2,3)13-8-5-4-7-12(13)14-11-18-15(19-14)9-6-10-17/h4-5,7-8,11H,6,9-10,17H2,1-3H3. The third-order valence-corrected chi connectivity index (χ3v) is 3.15. The summed E-state index contributed by atoms with van der Waals surface area (Å²) in [5, 5.41) is 0. The number of aromatic nitrogens is 1. The van der Waals surface area contributed by atoms with E-state index in [0.717, 1.165) is 30.1 Å². The zero-order valence-corrected chi connectivity index (χ0v) is 11.9. The summed E-state index contributed by atoms with van der Waals surface area (Å²) in [7, 11) is 0. The van der Waals surface area contributed by atoms with Crippen molar-refractivity contribution in [3.05, 3.63) is 41.9 Å². The molecule has 1 heterocycles. The number of benzene rings is 1. The van der Waals surface area contributed by atoms with Gasteiger partial charge in [-0.1, -0.05) is 45.0 Å². The van der Waals surface area contributed by atoms with Crippen LogP contribution in [0.5, 0.6) is 0 Å². The summed E-state index contributed by atoms with van der Waals surface area (Å²) >= 11 is 0. The van der Waals surface area contributed by atoms with E-state index in [1.54, 1.807) is 0 Å². The van der Waals surface area contributed by atoms with Gasteiger partial charge in [0, 0.05) is 12.0 Å². The second kappa shape index (κ2) is 5.57. The Morgan fingerprint density at radius 2 is 1.95 bits per heavy atom. The van der Waals surface area contributed by atoms with Crippen molar-refractivity contribution in [1.82, 2.24) is 4.98 Å². The van der Waals surface area contributed by atoms with E-state index in [0.29, 0.717) is 6.54 Å². The normalized spacial score (nSPS) is 11.8. The molecule has 0 spiro atoms. The third-order valence-electron chi connectivity index (χ3n) is 3.15. The molecule has 0 amide bonds. The molecule has 0 fully saturated rings. The minimum absolute atomic E-state index is 0.0841. The van der Waals surface area contributed by atoms with E-state index >= 15 is 0 Å². The van der Waals surface area contributed by atoms with Crippen LogP contribution in [0, 0.1) is 0 Å². The van der Waals surface area contributed by atoms with Crippen LogP contribution in [0.3, 0.4) is 0 Å². The molecule has 0 aliphatic heterocycles. The van der Waals surface area contributed by atoms with E-state index in [1.807, 2.05) is 12.3 Å². The maximum atomic E-state index is 5.84. The summed E-state index contributed by atoms with van der Waals surface area (Å²) in [4.78, 5) is 4.33. The molecule has 0 atom stereocenters. The van der Waals surface area contributed by atoms with Crippen LogP contribution in [0.25, 0.3) is 11.3 Å². The number of rotatable bonds is 4. The van der Waals surface area contributed by atoms with Gasteiger partial charge in [-0.05, 0) is 23.9 Å². The fourth-order valence-electron chi connectivity index (χ4n) is 2.16. The Labute approximate surface area is 114 Å². The third kappa shape index (κ3) is 3.24. The molecule has 0 aliphatic rings. The second-order valence-electron chi connectivity index (χ2n) is 5.81. The van der Waals surface area contributed by atoms with E-state index in [4.69, 9.17) is 10.2 Å². The summed E-state index contributed by atoms with van der Waals surface area (Å²) in [5.74, 6) is 1.61. The zero-order valence-electron chi connectivity index (χ0n) is 11.9. The topological polar surface area (TPSA) is 52.0 Å². The van der Waals surface area contributed by atoms with Crippen molar-refractivity contribution in [3.63, 3.8) is 0 Å². The molecule has 0 unspecified atom stereocenters. The Kier molecular flexibility index (Phi) is 4.05. The van der Waals surface area contributed by atoms with E-state index in [2.05, 4.69) is 44.0 Å². The fraction of sp³-hybridized carbons (Fsp3) is 0.438. The van der Waals surface area contributed by atoms with Crippen LogP contribution in [0.15, 0.2) is 34.9 Å². The molecular formula is C16H22N2O. The molecule has 0 saturated carbocycles. The van der Waals surface area contributed by atoms with Crippen LogP contribution in [0.1, 0.15) is 38.6 Å². The van der Waals surface area contributed by atoms with Gasteiger partial charge in [-0.2, -0.15) is 0 Å². The molecule has 19 heavy (non-hydrogen) atoms. The molecule has 2 N–H and O–H groups in total. The lowest BCUT2D eigenvalue weighted by atomic mass is 9.83. The highest BCUT2D eigenvalue weighted by Crippen LogP contribution is 2.33. The highest BCUT2D eigenvalue weighted by Gasteiger charge is 2.20. The summed E-state index contributed by atoms with van der Waals surface area (Å²) < 4.78 is 5.84. The molecule has 1 aromatic heterocycles. The van der Waals surface area contributed by atoms with Crippen molar-refractivity contribution >= 4 is 0 Å². The van der Waals surface area contributed by atoms with Crippen molar-refractivity contribution in [2.24, 2.45) is 5.73 Å². The quantitative estimate of drug-likeness (QED) is 0.912. The first kappa shape index (κ1) is 13.8. The van der Waals surface area contributed by atoms with E-state index in [1.165, 1.54) is 5.56 Å². The van der Waals surface area contributed by atoms with Gasteiger partial charge in [-0.3, -0.25) is 0 Å². The Balaban J connectivity index is 2.34. The summed E-state index contributed by atoms with van der Waals surface area (Å²) in [5.41, 5.74) is 7.99. The average molecular weight is 258 g/mol. The van der Waals surface area contributed by atoms with Gasteiger partial charge in [-0.25, -0.2) is 4.98 Å². The molecule has 3 nitrogen and oxygen atoms in total. The molecule has 0 bridgehead atoms. The van der Waals surface area contributed by atoms with Gasteiger partial charge in [0.05, 0.1) is 6.20 Å². The predicted molar refractivity (Wildman–Crippen MR) is 78.0 cm³/mol. The molecule has 0 aliphatic carbocycles. The Bertz CT molecular complexity index is 538. The maximum absolute atomic E-state index is 5.84. The minimum atomic E-state index is 0.0841. The van der Waals surface area contributed by atoms with Crippen molar-refractivity contribution in [1.29, 1.82) is 0 Å². The van der Waals surface area contributed by atoms with Gasteiger partial charge in [0.1, 0.15) is 0 Å². The Morgan fingerprint density at radius 3 is 2.63 bits per heavy atom. The van der Waals surface area contributed by atoms with Crippen molar-refractivity contribution < 1.29 is 4.42 Å². The molecule has 102 valence electrons. The first-order chi connectivity index (χ1) is 9.02. The lowest BCUT2D eigenvalue weighted by Crippen LogP contribution is -2.12. The van der Waals surface area contributed by atoms with Gasteiger partial charge in [0.15, 0.2) is 11.7 Å². The molecule has 2 rings (SSSR count). The van der Waals surface area contributed by atoms with Gasteiger partial charge >= 0.3 is 0 Å². The largest absolute Gasteiger partial charge is 0.441 e. The van der Waals surface area contributed by atoms with Crippen LogP contribution in [0.4, 0.5) is 0 Å². The Morgan fingerprint density at radius 1 is 1.21 bits per heavy atom. The highest BCUT2D eigenvalue weighted by molar-refractivity contribution is 5.63. The van der Waals surface area contributed by atoms with Gasteiger partial charge in [-0.15, -0.1) is 0 Å². The first-order valence-electron chi connectivity index (χ1n) is 6.77. The number of hydrogen-bond donors (Lipinski definition) is 1. The fourth-order valence-corrected chi connectivity index (χ4v) is 2.16. The number of hydrogen-bond acceptors (Lipinski definition) is 3. The average Bonchev–Trinajstić information content (AvgIpc) is 2.84. The van der Waals surface area contributed by atoms with Crippen LogP contribution in [-0.4, -0.2) is 11.5 Å². The molecule has 0 radical (unpaired) electrons. The number of nitrogens with zero attached hydrogens (tertiary/aromatic N) is 1. The van der Waals surface area contributed by atoms with Crippen molar-refractivity contribution in [2.75, 3.05) is 6.54 Å². The molecule has 1 aromatic carbocycles. The van der Waals surface area contributed by atoms with Gasteiger partial charge < -0.3 is 10.2 Å². The lowest BCUT2D eigenvalue weighted by molar-refractivity contribution is 0.497. The predicted octanol–water partition coefficient (Wildman–Crippen LogP) is 3.53.